The number of nitrogens with zero attached hydrogens (tertiary/aromatic N) is 2. The van der Waals surface area contributed by atoms with Gasteiger partial charge in [-0.25, -0.2) is 4.98 Å². The van der Waals surface area contributed by atoms with E-state index in [1.165, 1.54) is 6.20 Å². The lowest BCUT2D eigenvalue weighted by molar-refractivity contribution is 0.775. The molecule has 1 aromatic rings. The lowest BCUT2D eigenvalue weighted by atomic mass is 10.3. The van der Waals surface area contributed by atoms with Gasteiger partial charge in [0.1, 0.15) is 5.82 Å². The summed E-state index contributed by atoms with van der Waals surface area (Å²) in [5.74, 6) is 0.412. The van der Waals surface area contributed by atoms with Crippen molar-refractivity contribution in [3.05, 3.63) is 18.1 Å². The van der Waals surface area contributed by atoms with Crippen molar-refractivity contribution >= 4 is 5.82 Å². The minimum atomic E-state index is -0.101. The number of hydrogen-bond donors (Lipinski definition) is 2. The van der Waals surface area contributed by atoms with Crippen molar-refractivity contribution in [2.45, 2.75) is 13.0 Å². The number of rotatable bonds is 1. The minimum absolute atomic E-state index is 0.101. The SMILES string of the molecule is C[C@H](N)c1cncc(N)n1. The Morgan fingerprint density at radius 2 is 2.20 bits per heavy atom. The van der Waals surface area contributed by atoms with Crippen molar-refractivity contribution in [3.63, 3.8) is 0 Å². The van der Waals surface area contributed by atoms with Crippen LogP contribution < -0.4 is 11.5 Å². The molecule has 0 spiro atoms. The molecule has 1 aromatic heterocycles. The Morgan fingerprint density at radius 3 is 2.60 bits per heavy atom. The quantitative estimate of drug-likeness (QED) is 0.576. The van der Waals surface area contributed by atoms with Crippen molar-refractivity contribution in [2.75, 3.05) is 5.73 Å². The Labute approximate surface area is 59.3 Å². The normalized spacial score (nSPS) is 13.0. The van der Waals surface area contributed by atoms with Gasteiger partial charge in [0, 0.05) is 6.04 Å². The molecule has 0 unspecified atom stereocenters. The number of hydrogen-bond acceptors (Lipinski definition) is 4. The molecule has 1 atom stereocenters. The average Bonchev–Trinajstić information content (AvgIpc) is 1.88. The van der Waals surface area contributed by atoms with Gasteiger partial charge in [0.2, 0.25) is 0 Å². The van der Waals surface area contributed by atoms with E-state index in [0.717, 1.165) is 5.69 Å². The van der Waals surface area contributed by atoms with Gasteiger partial charge in [-0.15, -0.1) is 0 Å². The molecule has 0 aliphatic heterocycles. The van der Waals surface area contributed by atoms with Gasteiger partial charge in [-0.1, -0.05) is 0 Å². The maximum absolute atomic E-state index is 5.52. The summed E-state index contributed by atoms with van der Waals surface area (Å²) in [6, 6.07) is -0.101. The van der Waals surface area contributed by atoms with Gasteiger partial charge < -0.3 is 11.5 Å². The van der Waals surface area contributed by atoms with Crippen molar-refractivity contribution in [2.24, 2.45) is 5.73 Å². The van der Waals surface area contributed by atoms with Gasteiger partial charge in [0.15, 0.2) is 0 Å². The second-order valence-corrected chi connectivity index (χ2v) is 2.16. The zero-order valence-electron chi connectivity index (χ0n) is 5.78. The molecule has 4 nitrogen and oxygen atoms in total. The van der Waals surface area contributed by atoms with E-state index >= 15 is 0 Å². The van der Waals surface area contributed by atoms with Crippen molar-refractivity contribution < 1.29 is 0 Å². The third kappa shape index (κ3) is 1.41. The van der Waals surface area contributed by atoms with Crippen LogP contribution in [0.5, 0.6) is 0 Å². The van der Waals surface area contributed by atoms with Crippen LogP contribution in [0.4, 0.5) is 5.82 Å². The summed E-state index contributed by atoms with van der Waals surface area (Å²) in [6.45, 7) is 1.84. The summed E-state index contributed by atoms with van der Waals surface area (Å²) in [7, 11) is 0. The maximum atomic E-state index is 5.52. The molecule has 0 fully saturated rings. The van der Waals surface area contributed by atoms with E-state index < -0.39 is 0 Å². The zero-order chi connectivity index (χ0) is 7.56. The second kappa shape index (κ2) is 2.62. The molecule has 1 rings (SSSR count). The lowest BCUT2D eigenvalue weighted by Crippen LogP contribution is -2.08. The molecule has 0 aromatic carbocycles. The molecule has 54 valence electrons. The van der Waals surface area contributed by atoms with E-state index in [1.54, 1.807) is 6.20 Å². The first-order valence-corrected chi connectivity index (χ1v) is 3.03. The Hall–Kier alpha value is -1.16. The fourth-order valence-electron chi connectivity index (χ4n) is 0.616. The van der Waals surface area contributed by atoms with Crippen LogP contribution in [-0.4, -0.2) is 9.97 Å². The zero-order valence-corrected chi connectivity index (χ0v) is 5.78. The van der Waals surface area contributed by atoms with Gasteiger partial charge >= 0.3 is 0 Å². The first-order chi connectivity index (χ1) is 4.70. The van der Waals surface area contributed by atoms with Gasteiger partial charge in [0.05, 0.1) is 18.1 Å². The van der Waals surface area contributed by atoms with E-state index in [0.29, 0.717) is 5.82 Å². The summed E-state index contributed by atoms with van der Waals surface area (Å²) in [5, 5.41) is 0. The highest BCUT2D eigenvalue weighted by Crippen LogP contribution is 2.04. The van der Waals surface area contributed by atoms with Gasteiger partial charge in [-0.2, -0.15) is 0 Å². The molecule has 0 bridgehead atoms. The molecule has 0 aliphatic carbocycles. The van der Waals surface area contributed by atoms with E-state index in [9.17, 15) is 0 Å². The number of anilines is 1. The minimum Gasteiger partial charge on any atom is -0.382 e. The fraction of sp³-hybridized carbons (Fsp3) is 0.333. The van der Waals surface area contributed by atoms with Crippen LogP contribution in [0.1, 0.15) is 18.7 Å². The summed E-state index contributed by atoms with van der Waals surface area (Å²) in [5.41, 5.74) is 11.6. The molecule has 0 amide bonds. The largest absolute Gasteiger partial charge is 0.382 e. The third-order valence-corrected chi connectivity index (χ3v) is 1.14. The van der Waals surface area contributed by atoms with Crippen molar-refractivity contribution in [1.82, 2.24) is 9.97 Å². The van der Waals surface area contributed by atoms with Crippen LogP contribution in [0.25, 0.3) is 0 Å². The summed E-state index contributed by atoms with van der Waals surface area (Å²) < 4.78 is 0. The maximum Gasteiger partial charge on any atom is 0.142 e. The molecule has 0 aliphatic rings. The van der Waals surface area contributed by atoms with Gasteiger partial charge in [-0.3, -0.25) is 4.98 Å². The van der Waals surface area contributed by atoms with E-state index in [-0.39, 0.29) is 6.04 Å². The number of nitrogen functional groups attached to an aromatic ring is 1. The van der Waals surface area contributed by atoms with Crippen molar-refractivity contribution in [1.29, 1.82) is 0 Å². The van der Waals surface area contributed by atoms with E-state index in [1.807, 2.05) is 6.92 Å². The molecule has 0 saturated carbocycles. The number of nitrogens with two attached hydrogens (primary N) is 2. The van der Waals surface area contributed by atoms with E-state index in [4.69, 9.17) is 11.5 Å². The number of aromatic nitrogens is 2. The topological polar surface area (TPSA) is 77.8 Å². The smallest absolute Gasteiger partial charge is 0.142 e. The Balaban J connectivity index is 2.96. The first kappa shape index (κ1) is 6.95. The fourth-order valence-corrected chi connectivity index (χ4v) is 0.616. The predicted octanol–water partition coefficient (Wildman–Crippen LogP) is 0.0785. The highest BCUT2D eigenvalue weighted by Gasteiger charge is 1.99. The van der Waals surface area contributed by atoms with Crippen LogP contribution >= 0.6 is 0 Å². The average molecular weight is 138 g/mol. The lowest BCUT2D eigenvalue weighted by Gasteiger charge is -2.02. The Bertz CT molecular complexity index is 221. The molecule has 4 heteroatoms. The molecular formula is C6H10N4. The van der Waals surface area contributed by atoms with Crippen LogP contribution in [-0.2, 0) is 0 Å². The summed E-state index contributed by atoms with van der Waals surface area (Å²) in [4.78, 5) is 7.80. The van der Waals surface area contributed by atoms with Crippen LogP contribution in [0.15, 0.2) is 12.4 Å². The monoisotopic (exact) mass is 138 g/mol. The highest BCUT2D eigenvalue weighted by atomic mass is 14.9. The summed E-state index contributed by atoms with van der Waals surface area (Å²) in [6.07, 6.45) is 3.10. The third-order valence-electron chi connectivity index (χ3n) is 1.14. The van der Waals surface area contributed by atoms with E-state index in [2.05, 4.69) is 9.97 Å². The Kier molecular flexibility index (Phi) is 1.82. The van der Waals surface area contributed by atoms with Crippen LogP contribution in [0.2, 0.25) is 0 Å². The highest BCUT2D eigenvalue weighted by molar-refractivity contribution is 5.24. The molecule has 4 N–H and O–H groups in total. The van der Waals surface area contributed by atoms with Crippen molar-refractivity contribution in [3.8, 4) is 0 Å². The second-order valence-electron chi connectivity index (χ2n) is 2.16. The van der Waals surface area contributed by atoms with Crippen LogP contribution in [0.3, 0.4) is 0 Å². The molecular weight excluding hydrogens is 128 g/mol. The van der Waals surface area contributed by atoms with Gasteiger partial charge in [-0.05, 0) is 6.92 Å². The molecule has 10 heavy (non-hydrogen) atoms. The Morgan fingerprint density at radius 1 is 1.50 bits per heavy atom. The van der Waals surface area contributed by atoms with Gasteiger partial charge in [0.25, 0.3) is 0 Å². The molecule has 0 saturated heterocycles. The first-order valence-electron chi connectivity index (χ1n) is 3.03. The van der Waals surface area contributed by atoms with Crippen LogP contribution in [0, 0.1) is 0 Å². The molecule has 1 heterocycles. The standard InChI is InChI=1S/C6H10N4/c1-4(7)5-2-9-3-6(8)10-5/h2-4H,7H2,1H3,(H2,8,10)/t4-/m0/s1. The molecule has 0 radical (unpaired) electrons. The predicted molar refractivity (Wildman–Crippen MR) is 39.0 cm³/mol. The summed E-state index contributed by atoms with van der Waals surface area (Å²) >= 11 is 0.